The third-order valence-corrected chi connectivity index (χ3v) is 3.72. The quantitative estimate of drug-likeness (QED) is 0.752. The van der Waals surface area contributed by atoms with Crippen LogP contribution in [0.5, 0.6) is 0 Å². The second-order valence-corrected chi connectivity index (χ2v) is 5.41. The second kappa shape index (κ2) is 7.41. The van der Waals surface area contributed by atoms with Crippen LogP contribution in [0, 0.1) is 5.92 Å². The van der Waals surface area contributed by atoms with Crippen molar-refractivity contribution in [3.05, 3.63) is 35.4 Å². The molecule has 0 aliphatic heterocycles. The summed E-state index contributed by atoms with van der Waals surface area (Å²) in [5, 5.41) is 12.3. The number of esters is 1. The summed E-state index contributed by atoms with van der Waals surface area (Å²) in [6.45, 7) is 8.69. The van der Waals surface area contributed by atoms with Crippen molar-refractivity contribution in [3.8, 4) is 0 Å². The number of nitrogens with one attached hydrogen (secondary N) is 1. The Morgan fingerprint density at radius 3 is 2.30 bits per heavy atom. The van der Waals surface area contributed by atoms with Crippen LogP contribution in [0.2, 0.25) is 0 Å². The van der Waals surface area contributed by atoms with Crippen LogP contribution in [-0.2, 0) is 22.7 Å². The predicted octanol–water partition coefficient (Wildman–Crippen LogP) is 2.25. The minimum Gasteiger partial charge on any atom is -0.465 e. The van der Waals surface area contributed by atoms with Crippen molar-refractivity contribution in [1.82, 2.24) is 5.32 Å². The lowest BCUT2D eigenvalue weighted by Gasteiger charge is -2.32. The average Bonchev–Trinajstić information content (AvgIpc) is 2.45. The van der Waals surface area contributed by atoms with E-state index >= 15 is 0 Å². The van der Waals surface area contributed by atoms with Gasteiger partial charge in [0.25, 0.3) is 0 Å². The Labute approximate surface area is 121 Å². The maximum atomic E-state index is 12.1. The van der Waals surface area contributed by atoms with E-state index in [-0.39, 0.29) is 18.5 Å². The van der Waals surface area contributed by atoms with E-state index in [1.54, 1.807) is 0 Å². The van der Waals surface area contributed by atoms with Crippen LogP contribution in [0.4, 0.5) is 0 Å². The van der Waals surface area contributed by atoms with Gasteiger partial charge >= 0.3 is 5.97 Å². The summed E-state index contributed by atoms with van der Waals surface area (Å²) in [7, 11) is 0. The molecule has 4 heteroatoms. The van der Waals surface area contributed by atoms with Crippen LogP contribution >= 0.6 is 0 Å². The number of carbonyl (C=O) groups is 1. The van der Waals surface area contributed by atoms with E-state index in [0.29, 0.717) is 13.2 Å². The number of hydrogen-bond acceptors (Lipinski definition) is 4. The molecule has 1 aromatic rings. The molecule has 1 aromatic carbocycles. The van der Waals surface area contributed by atoms with Gasteiger partial charge in [0.05, 0.1) is 13.2 Å². The van der Waals surface area contributed by atoms with Crippen LogP contribution in [0.25, 0.3) is 0 Å². The summed E-state index contributed by atoms with van der Waals surface area (Å²) in [5.41, 5.74) is 1.25. The van der Waals surface area contributed by atoms with Crippen LogP contribution < -0.4 is 5.32 Å². The van der Waals surface area contributed by atoms with E-state index in [9.17, 15) is 4.79 Å². The highest BCUT2D eigenvalue weighted by Gasteiger charge is 2.37. The normalized spacial score (nSPS) is 14.1. The topological polar surface area (TPSA) is 58.6 Å². The summed E-state index contributed by atoms with van der Waals surface area (Å²) in [6, 6.07) is 7.66. The molecule has 0 aliphatic rings. The summed E-state index contributed by atoms with van der Waals surface area (Å²) < 4.78 is 5.16. The Morgan fingerprint density at radius 1 is 1.30 bits per heavy atom. The fourth-order valence-corrected chi connectivity index (χ4v) is 1.84. The lowest BCUT2D eigenvalue weighted by molar-refractivity contribution is -0.152. The van der Waals surface area contributed by atoms with Crippen molar-refractivity contribution in [2.45, 2.75) is 46.4 Å². The number of aliphatic hydroxyl groups is 1. The van der Waals surface area contributed by atoms with Gasteiger partial charge in [-0.05, 0) is 30.9 Å². The molecular weight excluding hydrogens is 254 g/mol. The molecule has 20 heavy (non-hydrogen) atoms. The number of hydrogen-bond donors (Lipinski definition) is 2. The first-order chi connectivity index (χ1) is 9.43. The number of carbonyl (C=O) groups excluding carboxylic acids is 1. The van der Waals surface area contributed by atoms with Gasteiger partial charge in [-0.1, -0.05) is 38.1 Å². The standard InChI is InChI=1S/C16H25NO3/c1-5-20-15(19)16(4,12(2)3)17-10-13-6-8-14(11-18)9-7-13/h6-9,12,17-18H,5,10-11H2,1-4H3. The molecule has 2 N–H and O–H groups in total. The molecule has 0 fully saturated rings. The number of benzene rings is 1. The molecule has 0 aromatic heterocycles. The molecular formula is C16H25NO3. The number of rotatable bonds is 7. The molecule has 4 nitrogen and oxygen atoms in total. The lowest BCUT2D eigenvalue weighted by Crippen LogP contribution is -2.54. The Kier molecular flexibility index (Phi) is 6.17. The highest BCUT2D eigenvalue weighted by Crippen LogP contribution is 2.19. The molecule has 1 unspecified atom stereocenters. The largest absolute Gasteiger partial charge is 0.465 e. The maximum absolute atomic E-state index is 12.1. The zero-order valence-corrected chi connectivity index (χ0v) is 12.8. The molecule has 0 saturated carbocycles. The van der Waals surface area contributed by atoms with Crippen LogP contribution in [0.1, 0.15) is 38.8 Å². The molecule has 0 aliphatic carbocycles. The Bertz CT molecular complexity index is 428. The van der Waals surface area contributed by atoms with E-state index < -0.39 is 5.54 Å². The molecule has 1 atom stereocenters. The molecule has 0 bridgehead atoms. The number of ether oxygens (including phenoxy) is 1. The Morgan fingerprint density at radius 2 is 1.85 bits per heavy atom. The summed E-state index contributed by atoms with van der Waals surface area (Å²) in [6.07, 6.45) is 0. The summed E-state index contributed by atoms with van der Waals surface area (Å²) in [5.74, 6) is -0.0970. The highest BCUT2D eigenvalue weighted by molar-refractivity contribution is 5.80. The average molecular weight is 279 g/mol. The van der Waals surface area contributed by atoms with Crippen molar-refractivity contribution in [3.63, 3.8) is 0 Å². The van der Waals surface area contributed by atoms with Crippen LogP contribution in [-0.4, -0.2) is 23.2 Å². The zero-order valence-electron chi connectivity index (χ0n) is 12.8. The van der Waals surface area contributed by atoms with Crippen molar-refractivity contribution in [1.29, 1.82) is 0 Å². The molecule has 0 radical (unpaired) electrons. The molecule has 0 saturated heterocycles. The van der Waals surface area contributed by atoms with E-state index in [1.165, 1.54) is 0 Å². The third kappa shape index (κ3) is 4.05. The second-order valence-electron chi connectivity index (χ2n) is 5.41. The lowest BCUT2D eigenvalue weighted by atomic mass is 9.88. The highest BCUT2D eigenvalue weighted by atomic mass is 16.5. The molecule has 0 amide bonds. The fraction of sp³-hybridized carbons (Fsp3) is 0.562. The van der Waals surface area contributed by atoms with Gasteiger partial charge in [-0.25, -0.2) is 0 Å². The summed E-state index contributed by atoms with van der Waals surface area (Å²) in [4.78, 5) is 12.1. The maximum Gasteiger partial charge on any atom is 0.326 e. The minimum atomic E-state index is -0.703. The SMILES string of the molecule is CCOC(=O)C(C)(NCc1ccc(CO)cc1)C(C)C. The van der Waals surface area contributed by atoms with E-state index in [2.05, 4.69) is 5.32 Å². The van der Waals surface area contributed by atoms with Crippen molar-refractivity contribution >= 4 is 5.97 Å². The van der Waals surface area contributed by atoms with Gasteiger partial charge in [-0.2, -0.15) is 0 Å². The Hall–Kier alpha value is -1.39. The van der Waals surface area contributed by atoms with Gasteiger partial charge in [0.2, 0.25) is 0 Å². The first kappa shape index (κ1) is 16.7. The zero-order chi connectivity index (χ0) is 15.2. The van der Waals surface area contributed by atoms with Gasteiger partial charge in [-0.3, -0.25) is 10.1 Å². The van der Waals surface area contributed by atoms with Crippen molar-refractivity contribution in [2.24, 2.45) is 5.92 Å². The van der Waals surface area contributed by atoms with Gasteiger partial charge in [0.15, 0.2) is 0 Å². The smallest absolute Gasteiger partial charge is 0.326 e. The minimum absolute atomic E-state index is 0.0419. The first-order valence-corrected chi connectivity index (χ1v) is 7.05. The molecule has 0 heterocycles. The summed E-state index contributed by atoms with van der Waals surface area (Å²) >= 11 is 0. The van der Waals surface area contributed by atoms with Crippen molar-refractivity contribution in [2.75, 3.05) is 6.61 Å². The van der Waals surface area contributed by atoms with Crippen LogP contribution in [0.3, 0.4) is 0 Å². The van der Waals surface area contributed by atoms with E-state index in [4.69, 9.17) is 9.84 Å². The monoisotopic (exact) mass is 279 g/mol. The third-order valence-electron chi connectivity index (χ3n) is 3.72. The van der Waals surface area contributed by atoms with Gasteiger partial charge in [-0.15, -0.1) is 0 Å². The number of aliphatic hydroxyl groups excluding tert-OH is 1. The van der Waals surface area contributed by atoms with Gasteiger partial charge < -0.3 is 9.84 Å². The first-order valence-electron chi connectivity index (χ1n) is 7.05. The van der Waals surface area contributed by atoms with Crippen LogP contribution in [0.15, 0.2) is 24.3 Å². The van der Waals surface area contributed by atoms with Gasteiger partial charge in [0.1, 0.15) is 5.54 Å². The fourth-order valence-electron chi connectivity index (χ4n) is 1.84. The molecule has 1 rings (SSSR count). The van der Waals surface area contributed by atoms with Crippen molar-refractivity contribution < 1.29 is 14.6 Å². The molecule has 0 spiro atoms. The predicted molar refractivity (Wildman–Crippen MR) is 79.1 cm³/mol. The Balaban J connectivity index is 2.73. The van der Waals surface area contributed by atoms with E-state index in [0.717, 1.165) is 11.1 Å². The van der Waals surface area contributed by atoms with Gasteiger partial charge in [0, 0.05) is 6.54 Å². The van der Waals surface area contributed by atoms with E-state index in [1.807, 2.05) is 52.0 Å². The molecule has 112 valence electrons.